The number of rotatable bonds is 1. The van der Waals surface area contributed by atoms with Gasteiger partial charge in [-0.1, -0.05) is 23.8 Å². The van der Waals surface area contributed by atoms with E-state index in [1.54, 1.807) is 6.08 Å². The number of allylic oxidation sites excluding steroid dienone is 5. The molecule has 1 aliphatic rings. The van der Waals surface area contributed by atoms with Gasteiger partial charge >= 0.3 is 0 Å². The fraction of sp³-hybridized carbons (Fsp3) is 0.364. The zero-order valence-corrected chi connectivity index (χ0v) is 8.00. The number of aliphatic imine (C=N–C) groups is 1. The van der Waals surface area contributed by atoms with Gasteiger partial charge in [0, 0.05) is 0 Å². The number of carbonyl (C=O) groups excluding carboxylic acids is 1. The lowest BCUT2D eigenvalue weighted by molar-refractivity contribution is 0.564. The second-order valence-corrected chi connectivity index (χ2v) is 3.03. The molecule has 0 atom stereocenters. The first kappa shape index (κ1) is 9.69. The van der Waals surface area contributed by atoms with Crippen LogP contribution < -0.4 is 0 Å². The molecule has 1 rings (SSSR count). The van der Waals surface area contributed by atoms with Gasteiger partial charge in [0.1, 0.15) is 0 Å². The summed E-state index contributed by atoms with van der Waals surface area (Å²) in [5, 5.41) is 0. The van der Waals surface area contributed by atoms with Crippen LogP contribution >= 0.6 is 0 Å². The lowest BCUT2D eigenvalue weighted by Gasteiger charge is -1.94. The molecule has 0 aromatic heterocycles. The smallest absolute Gasteiger partial charge is 0.211 e. The minimum Gasteiger partial charge on any atom is -0.211 e. The zero-order valence-electron chi connectivity index (χ0n) is 8.00. The number of hydrogen-bond acceptors (Lipinski definition) is 2. The second-order valence-electron chi connectivity index (χ2n) is 3.03. The third kappa shape index (κ3) is 2.53. The van der Waals surface area contributed by atoms with Crippen molar-refractivity contribution in [3.63, 3.8) is 0 Å². The molecular weight excluding hydrogens is 162 g/mol. The molecule has 0 N–H and O–H groups in total. The summed E-state index contributed by atoms with van der Waals surface area (Å²) in [5.74, 6) is 0. The molecular formula is C11H13NO. The molecule has 0 saturated heterocycles. The SMILES string of the molecule is C/C=C1/CC=C(C)C(N=C=O)=CC1. The van der Waals surface area contributed by atoms with Crippen LogP contribution in [-0.4, -0.2) is 6.08 Å². The lowest BCUT2D eigenvalue weighted by atomic mass is 10.1. The Hall–Kier alpha value is -1.40. The van der Waals surface area contributed by atoms with Crippen LogP contribution in [0, 0.1) is 0 Å². The van der Waals surface area contributed by atoms with Gasteiger partial charge in [-0.15, -0.1) is 0 Å². The molecule has 0 heterocycles. The maximum atomic E-state index is 10.1. The average Bonchev–Trinajstić information content (AvgIpc) is 2.31. The van der Waals surface area contributed by atoms with E-state index in [2.05, 4.69) is 17.1 Å². The third-order valence-electron chi connectivity index (χ3n) is 2.21. The Labute approximate surface area is 78.4 Å². The predicted molar refractivity (Wildman–Crippen MR) is 53.0 cm³/mol. The van der Waals surface area contributed by atoms with Crippen LogP contribution in [0.4, 0.5) is 0 Å². The van der Waals surface area contributed by atoms with Crippen LogP contribution in [-0.2, 0) is 4.79 Å². The Balaban J connectivity index is 2.96. The van der Waals surface area contributed by atoms with Crippen molar-refractivity contribution in [1.82, 2.24) is 0 Å². The normalized spacial score (nSPS) is 20.0. The van der Waals surface area contributed by atoms with Gasteiger partial charge in [0.2, 0.25) is 6.08 Å². The predicted octanol–water partition coefficient (Wildman–Crippen LogP) is 2.89. The monoisotopic (exact) mass is 175 g/mol. The zero-order chi connectivity index (χ0) is 9.68. The maximum Gasteiger partial charge on any atom is 0.240 e. The number of nitrogens with zero attached hydrogens (tertiary/aromatic N) is 1. The standard InChI is InChI=1S/C11H13NO/c1-3-10-5-4-9(2)11(7-6-10)12-8-13/h3-4,7H,5-6H2,1-2H3/b10-3-. The van der Waals surface area contributed by atoms with Crippen LogP contribution in [0.2, 0.25) is 0 Å². The Morgan fingerprint density at radius 3 is 2.77 bits per heavy atom. The molecule has 0 aromatic rings. The third-order valence-corrected chi connectivity index (χ3v) is 2.21. The number of isocyanates is 1. The highest BCUT2D eigenvalue weighted by atomic mass is 16.1. The van der Waals surface area contributed by atoms with Crippen molar-refractivity contribution >= 4 is 6.08 Å². The summed E-state index contributed by atoms with van der Waals surface area (Å²) in [5.41, 5.74) is 3.17. The van der Waals surface area contributed by atoms with Gasteiger partial charge in [0.15, 0.2) is 0 Å². The van der Waals surface area contributed by atoms with Gasteiger partial charge < -0.3 is 0 Å². The molecule has 0 bridgehead atoms. The van der Waals surface area contributed by atoms with E-state index in [1.807, 2.05) is 19.9 Å². The molecule has 0 unspecified atom stereocenters. The van der Waals surface area contributed by atoms with Crippen molar-refractivity contribution in [3.05, 3.63) is 35.1 Å². The summed E-state index contributed by atoms with van der Waals surface area (Å²) in [6.45, 7) is 3.99. The summed E-state index contributed by atoms with van der Waals surface area (Å²) in [6.07, 6.45) is 9.58. The van der Waals surface area contributed by atoms with E-state index in [1.165, 1.54) is 5.57 Å². The highest BCUT2D eigenvalue weighted by molar-refractivity contribution is 5.44. The summed E-state index contributed by atoms with van der Waals surface area (Å²) < 4.78 is 0. The van der Waals surface area contributed by atoms with Crippen LogP contribution in [0.5, 0.6) is 0 Å². The van der Waals surface area contributed by atoms with Gasteiger partial charge in [-0.25, -0.2) is 4.79 Å². The fourth-order valence-electron chi connectivity index (χ4n) is 1.28. The highest BCUT2D eigenvalue weighted by Crippen LogP contribution is 2.21. The number of hydrogen-bond donors (Lipinski definition) is 0. The van der Waals surface area contributed by atoms with Crippen LogP contribution in [0.15, 0.2) is 40.1 Å². The van der Waals surface area contributed by atoms with Gasteiger partial charge in [0.25, 0.3) is 0 Å². The Morgan fingerprint density at radius 1 is 1.46 bits per heavy atom. The largest absolute Gasteiger partial charge is 0.240 e. The van der Waals surface area contributed by atoms with Gasteiger partial charge in [-0.2, -0.15) is 4.99 Å². The first-order chi connectivity index (χ1) is 6.27. The van der Waals surface area contributed by atoms with E-state index < -0.39 is 0 Å². The molecule has 0 saturated carbocycles. The van der Waals surface area contributed by atoms with Crippen molar-refractivity contribution in [2.75, 3.05) is 0 Å². The molecule has 0 fully saturated rings. The maximum absolute atomic E-state index is 10.1. The van der Waals surface area contributed by atoms with Crippen LogP contribution in [0.3, 0.4) is 0 Å². The van der Waals surface area contributed by atoms with Crippen molar-refractivity contribution in [2.45, 2.75) is 26.7 Å². The second kappa shape index (κ2) is 4.58. The van der Waals surface area contributed by atoms with Crippen molar-refractivity contribution < 1.29 is 4.79 Å². The van der Waals surface area contributed by atoms with E-state index in [-0.39, 0.29) is 0 Å². The van der Waals surface area contributed by atoms with Crippen molar-refractivity contribution in [3.8, 4) is 0 Å². The molecule has 2 nitrogen and oxygen atoms in total. The molecule has 68 valence electrons. The quantitative estimate of drug-likeness (QED) is 0.342. The van der Waals surface area contributed by atoms with Gasteiger partial charge in [0.05, 0.1) is 5.70 Å². The van der Waals surface area contributed by atoms with E-state index in [0.717, 1.165) is 24.1 Å². The minimum absolute atomic E-state index is 0.756. The van der Waals surface area contributed by atoms with E-state index in [4.69, 9.17) is 0 Å². The Bertz CT molecular complexity index is 328. The Kier molecular flexibility index (Phi) is 3.41. The average molecular weight is 175 g/mol. The fourth-order valence-corrected chi connectivity index (χ4v) is 1.28. The molecule has 13 heavy (non-hydrogen) atoms. The summed E-state index contributed by atoms with van der Waals surface area (Å²) in [7, 11) is 0. The molecule has 0 amide bonds. The summed E-state index contributed by atoms with van der Waals surface area (Å²) in [4.78, 5) is 13.8. The molecule has 0 radical (unpaired) electrons. The summed E-state index contributed by atoms with van der Waals surface area (Å²) in [6, 6.07) is 0. The molecule has 0 aromatic carbocycles. The molecule has 2 heteroatoms. The van der Waals surface area contributed by atoms with Gasteiger partial charge in [-0.05, 0) is 32.3 Å². The van der Waals surface area contributed by atoms with E-state index >= 15 is 0 Å². The Morgan fingerprint density at radius 2 is 2.15 bits per heavy atom. The molecule has 0 spiro atoms. The topological polar surface area (TPSA) is 29.4 Å². The first-order valence-electron chi connectivity index (χ1n) is 4.37. The first-order valence-corrected chi connectivity index (χ1v) is 4.37. The molecule has 0 aliphatic heterocycles. The van der Waals surface area contributed by atoms with Gasteiger partial charge in [-0.3, -0.25) is 0 Å². The van der Waals surface area contributed by atoms with E-state index in [9.17, 15) is 4.79 Å². The summed E-state index contributed by atoms with van der Waals surface area (Å²) >= 11 is 0. The minimum atomic E-state index is 0.756. The highest BCUT2D eigenvalue weighted by Gasteiger charge is 2.04. The van der Waals surface area contributed by atoms with Crippen molar-refractivity contribution in [1.29, 1.82) is 0 Å². The lowest BCUT2D eigenvalue weighted by Crippen LogP contribution is -1.78. The van der Waals surface area contributed by atoms with Crippen LogP contribution in [0.1, 0.15) is 26.7 Å². The van der Waals surface area contributed by atoms with E-state index in [0.29, 0.717) is 0 Å². The van der Waals surface area contributed by atoms with Crippen LogP contribution in [0.25, 0.3) is 0 Å². The van der Waals surface area contributed by atoms with Crippen molar-refractivity contribution in [2.24, 2.45) is 4.99 Å². The molecule has 1 aliphatic carbocycles.